The molecule has 1 aliphatic heterocycles. The van der Waals surface area contributed by atoms with Crippen molar-refractivity contribution in [1.82, 2.24) is 10.2 Å². The maximum atomic E-state index is 3.84. The van der Waals surface area contributed by atoms with Crippen LogP contribution in [-0.2, 0) is 0 Å². The molecule has 1 N–H and O–H groups in total. The number of nitrogens with one attached hydrogen (secondary N) is 1. The van der Waals surface area contributed by atoms with Gasteiger partial charge in [0, 0.05) is 30.7 Å². The summed E-state index contributed by atoms with van der Waals surface area (Å²) in [6, 6.07) is 12.3. The lowest BCUT2D eigenvalue weighted by atomic mass is 9.87. The van der Waals surface area contributed by atoms with Crippen molar-refractivity contribution in [2.45, 2.75) is 64.1 Å². The molecule has 2 fully saturated rings. The molecule has 0 aromatic heterocycles. The first-order valence-corrected chi connectivity index (χ1v) is 8.73. The van der Waals surface area contributed by atoms with Gasteiger partial charge in [0.2, 0.25) is 0 Å². The Bertz CT molecular complexity index is 448. The van der Waals surface area contributed by atoms with Crippen molar-refractivity contribution >= 4 is 0 Å². The molecule has 0 amide bonds. The highest BCUT2D eigenvalue weighted by Gasteiger charge is 2.42. The van der Waals surface area contributed by atoms with Gasteiger partial charge >= 0.3 is 0 Å². The van der Waals surface area contributed by atoms with E-state index in [0.29, 0.717) is 17.6 Å². The standard InChI is InChI=1S/C19H30N2/c1-4-19(3,5-2)21-14-17(15-11-12-15)20-13-18(21)16-9-7-6-8-10-16/h6-10,15,17-18,20H,4-5,11-14H2,1-3H3. The van der Waals surface area contributed by atoms with E-state index in [1.807, 2.05) is 0 Å². The van der Waals surface area contributed by atoms with Gasteiger partial charge in [0.25, 0.3) is 0 Å². The highest BCUT2D eigenvalue weighted by molar-refractivity contribution is 5.21. The Hall–Kier alpha value is -0.860. The molecule has 1 aromatic rings. The Morgan fingerprint density at radius 2 is 1.81 bits per heavy atom. The van der Waals surface area contributed by atoms with Gasteiger partial charge in [-0.2, -0.15) is 0 Å². The smallest absolute Gasteiger partial charge is 0.0478 e. The maximum absolute atomic E-state index is 3.84. The van der Waals surface area contributed by atoms with Crippen LogP contribution >= 0.6 is 0 Å². The lowest BCUT2D eigenvalue weighted by Crippen LogP contribution is -2.60. The fraction of sp³-hybridized carbons (Fsp3) is 0.684. The average Bonchev–Trinajstić information content (AvgIpc) is 3.39. The van der Waals surface area contributed by atoms with Crippen molar-refractivity contribution in [2.24, 2.45) is 5.92 Å². The molecule has 3 rings (SSSR count). The SMILES string of the molecule is CCC(C)(CC)N1CC(C2CC2)NCC1c1ccccc1. The van der Waals surface area contributed by atoms with Crippen LogP contribution in [0.3, 0.4) is 0 Å². The van der Waals surface area contributed by atoms with Gasteiger partial charge in [0.15, 0.2) is 0 Å². The predicted molar refractivity (Wildman–Crippen MR) is 89.4 cm³/mol. The third kappa shape index (κ3) is 3.02. The Labute approximate surface area is 129 Å². The van der Waals surface area contributed by atoms with Crippen molar-refractivity contribution in [2.75, 3.05) is 13.1 Å². The van der Waals surface area contributed by atoms with Gasteiger partial charge in [-0.05, 0) is 44.1 Å². The third-order valence-electron chi connectivity index (χ3n) is 5.94. The second kappa shape index (κ2) is 6.10. The summed E-state index contributed by atoms with van der Waals surface area (Å²) in [6.07, 6.45) is 5.31. The number of nitrogens with zero attached hydrogens (tertiary/aromatic N) is 1. The molecule has 2 aliphatic rings. The first-order valence-electron chi connectivity index (χ1n) is 8.73. The van der Waals surface area contributed by atoms with Crippen LogP contribution in [-0.4, -0.2) is 29.6 Å². The molecule has 0 bridgehead atoms. The summed E-state index contributed by atoms with van der Waals surface area (Å²) in [7, 11) is 0. The minimum atomic E-state index is 0.315. The molecule has 1 heterocycles. The molecular weight excluding hydrogens is 256 g/mol. The van der Waals surface area contributed by atoms with Crippen LogP contribution in [0, 0.1) is 5.92 Å². The van der Waals surface area contributed by atoms with E-state index < -0.39 is 0 Å². The number of piperazine rings is 1. The Morgan fingerprint density at radius 1 is 1.14 bits per heavy atom. The van der Waals surface area contributed by atoms with E-state index >= 15 is 0 Å². The molecule has 2 nitrogen and oxygen atoms in total. The fourth-order valence-corrected chi connectivity index (χ4v) is 3.82. The molecule has 1 saturated heterocycles. The monoisotopic (exact) mass is 286 g/mol. The average molecular weight is 286 g/mol. The molecule has 1 aromatic carbocycles. The van der Waals surface area contributed by atoms with E-state index in [2.05, 4.69) is 61.3 Å². The van der Waals surface area contributed by atoms with Gasteiger partial charge in [0.1, 0.15) is 0 Å². The van der Waals surface area contributed by atoms with Crippen LogP contribution in [0.25, 0.3) is 0 Å². The van der Waals surface area contributed by atoms with Gasteiger partial charge in [-0.1, -0.05) is 44.2 Å². The first kappa shape index (κ1) is 15.1. The summed E-state index contributed by atoms with van der Waals surface area (Å²) < 4.78 is 0. The van der Waals surface area contributed by atoms with Crippen LogP contribution in [0.4, 0.5) is 0 Å². The van der Waals surface area contributed by atoms with Crippen molar-refractivity contribution in [3.05, 3.63) is 35.9 Å². The first-order chi connectivity index (χ1) is 10.2. The second-order valence-electron chi connectivity index (χ2n) is 7.14. The van der Waals surface area contributed by atoms with Crippen molar-refractivity contribution in [3.8, 4) is 0 Å². The second-order valence-corrected chi connectivity index (χ2v) is 7.14. The van der Waals surface area contributed by atoms with Gasteiger partial charge in [-0.15, -0.1) is 0 Å². The summed E-state index contributed by atoms with van der Waals surface area (Å²) in [5.74, 6) is 0.933. The minimum Gasteiger partial charge on any atom is -0.311 e. The lowest BCUT2D eigenvalue weighted by Gasteiger charge is -2.50. The van der Waals surface area contributed by atoms with Crippen molar-refractivity contribution in [3.63, 3.8) is 0 Å². The molecule has 116 valence electrons. The van der Waals surface area contributed by atoms with Crippen LogP contribution in [0.5, 0.6) is 0 Å². The Kier molecular flexibility index (Phi) is 4.37. The summed E-state index contributed by atoms with van der Waals surface area (Å²) in [4.78, 5) is 2.81. The number of hydrogen-bond donors (Lipinski definition) is 1. The van der Waals surface area contributed by atoms with Crippen LogP contribution in [0.2, 0.25) is 0 Å². The summed E-state index contributed by atoms with van der Waals surface area (Å²) in [5, 5.41) is 3.84. The van der Waals surface area contributed by atoms with E-state index in [-0.39, 0.29) is 0 Å². The van der Waals surface area contributed by atoms with Gasteiger partial charge in [-0.25, -0.2) is 0 Å². The van der Waals surface area contributed by atoms with Gasteiger partial charge < -0.3 is 5.32 Å². The molecular formula is C19H30N2. The van der Waals surface area contributed by atoms with Crippen molar-refractivity contribution in [1.29, 1.82) is 0 Å². The summed E-state index contributed by atoms with van der Waals surface area (Å²) >= 11 is 0. The highest BCUT2D eigenvalue weighted by atomic mass is 15.3. The maximum Gasteiger partial charge on any atom is 0.0478 e. The zero-order valence-corrected chi connectivity index (χ0v) is 13.8. The molecule has 2 atom stereocenters. The van der Waals surface area contributed by atoms with E-state index in [1.165, 1.54) is 37.8 Å². The number of rotatable bonds is 5. The Balaban J connectivity index is 1.86. The molecule has 1 aliphatic carbocycles. The van der Waals surface area contributed by atoms with Crippen molar-refractivity contribution < 1.29 is 0 Å². The van der Waals surface area contributed by atoms with E-state index in [4.69, 9.17) is 0 Å². The third-order valence-corrected chi connectivity index (χ3v) is 5.94. The zero-order chi connectivity index (χ0) is 14.9. The fourth-order valence-electron chi connectivity index (χ4n) is 3.82. The van der Waals surface area contributed by atoms with E-state index in [0.717, 1.165) is 12.5 Å². The molecule has 2 unspecified atom stereocenters. The summed E-state index contributed by atoms with van der Waals surface area (Å²) in [5.41, 5.74) is 1.78. The molecule has 2 heteroatoms. The van der Waals surface area contributed by atoms with E-state index in [1.54, 1.807) is 0 Å². The molecule has 21 heavy (non-hydrogen) atoms. The predicted octanol–water partition coefficient (Wildman–Crippen LogP) is 3.99. The Morgan fingerprint density at radius 3 is 2.38 bits per heavy atom. The minimum absolute atomic E-state index is 0.315. The van der Waals surface area contributed by atoms with Crippen LogP contribution in [0.1, 0.15) is 58.1 Å². The number of hydrogen-bond acceptors (Lipinski definition) is 2. The molecule has 0 spiro atoms. The highest BCUT2D eigenvalue weighted by Crippen LogP contribution is 2.40. The molecule has 1 saturated carbocycles. The topological polar surface area (TPSA) is 15.3 Å². The van der Waals surface area contributed by atoms with E-state index in [9.17, 15) is 0 Å². The van der Waals surface area contributed by atoms with Crippen LogP contribution < -0.4 is 5.32 Å². The quantitative estimate of drug-likeness (QED) is 0.880. The molecule has 0 radical (unpaired) electrons. The summed E-state index contributed by atoms with van der Waals surface area (Å²) in [6.45, 7) is 9.46. The van der Waals surface area contributed by atoms with Gasteiger partial charge in [-0.3, -0.25) is 4.90 Å². The number of benzene rings is 1. The largest absolute Gasteiger partial charge is 0.311 e. The normalized spacial score (nSPS) is 27.8. The zero-order valence-electron chi connectivity index (χ0n) is 13.8. The van der Waals surface area contributed by atoms with Gasteiger partial charge in [0.05, 0.1) is 0 Å². The van der Waals surface area contributed by atoms with Crippen LogP contribution in [0.15, 0.2) is 30.3 Å². The lowest BCUT2D eigenvalue weighted by molar-refractivity contribution is 0.00952.